The molecule has 118 valence electrons. The summed E-state index contributed by atoms with van der Waals surface area (Å²) >= 11 is 0. The summed E-state index contributed by atoms with van der Waals surface area (Å²) in [6.45, 7) is 8.44. The Balaban J connectivity index is 2.11. The predicted octanol–water partition coefficient (Wildman–Crippen LogP) is 2.41. The molecule has 1 aliphatic carbocycles. The fourth-order valence-corrected chi connectivity index (χ4v) is 2.48. The number of carbonyl (C=O) groups is 1. The summed E-state index contributed by atoms with van der Waals surface area (Å²) in [6.07, 6.45) is 3.86. The third kappa shape index (κ3) is 4.06. The molecule has 1 aromatic rings. The summed E-state index contributed by atoms with van der Waals surface area (Å²) in [7, 11) is 0. The van der Waals surface area contributed by atoms with Gasteiger partial charge in [0, 0.05) is 24.3 Å². The molecule has 1 amide bonds. The standard InChI is InChI=1S/C16H27N3O2/c1-11(6-5-9-20)17-15(21)13-10-14(12-7-8-12)19(18-13)16(2,3)4/h10-12,20H,5-9H2,1-4H3,(H,17,21). The van der Waals surface area contributed by atoms with Gasteiger partial charge < -0.3 is 10.4 Å². The summed E-state index contributed by atoms with van der Waals surface area (Å²) in [5.41, 5.74) is 1.57. The fourth-order valence-electron chi connectivity index (χ4n) is 2.48. The minimum Gasteiger partial charge on any atom is -0.396 e. The summed E-state index contributed by atoms with van der Waals surface area (Å²) in [4.78, 5) is 12.3. The normalized spacial score (nSPS) is 16.8. The fraction of sp³-hybridized carbons (Fsp3) is 0.750. The number of nitrogens with zero attached hydrogens (tertiary/aromatic N) is 2. The number of aliphatic hydroxyl groups is 1. The van der Waals surface area contributed by atoms with E-state index in [0.717, 1.165) is 6.42 Å². The van der Waals surface area contributed by atoms with E-state index < -0.39 is 0 Å². The Morgan fingerprint density at radius 3 is 2.71 bits per heavy atom. The van der Waals surface area contributed by atoms with Crippen molar-refractivity contribution in [3.05, 3.63) is 17.5 Å². The number of aromatic nitrogens is 2. The zero-order chi connectivity index (χ0) is 15.6. The van der Waals surface area contributed by atoms with E-state index in [1.165, 1.54) is 18.5 Å². The third-order valence-electron chi connectivity index (χ3n) is 3.77. The van der Waals surface area contributed by atoms with Crippen molar-refractivity contribution < 1.29 is 9.90 Å². The third-order valence-corrected chi connectivity index (χ3v) is 3.77. The molecule has 2 N–H and O–H groups in total. The van der Waals surface area contributed by atoms with Gasteiger partial charge in [-0.25, -0.2) is 0 Å². The summed E-state index contributed by atoms with van der Waals surface area (Å²) < 4.78 is 2.00. The van der Waals surface area contributed by atoms with Crippen LogP contribution in [0.5, 0.6) is 0 Å². The van der Waals surface area contributed by atoms with Gasteiger partial charge in [0.15, 0.2) is 0 Å². The molecule has 1 heterocycles. The first kappa shape index (κ1) is 16.0. The Labute approximate surface area is 126 Å². The molecule has 1 saturated carbocycles. The van der Waals surface area contributed by atoms with Gasteiger partial charge in [0.25, 0.3) is 5.91 Å². The second-order valence-corrected chi connectivity index (χ2v) is 7.05. The number of carbonyl (C=O) groups excluding carboxylic acids is 1. The molecule has 0 saturated heterocycles. The van der Waals surface area contributed by atoms with E-state index in [4.69, 9.17) is 5.11 Å². The first-order valence-electron chi connectivity index (χ1n) is 7.85. The van der Waals surface area contributed by atoms with Crippen LogP contribution in [0.1, 0.15) is 75.5 Å². The van der Waals surface area contributed by atoms with Crippen molar-refractivity contribution >= 4 is 5.91 Å². The molecule has 1 unspecified atom stereocenters. The Morgan fingerprint density at radius 1 is 1.52 bits per heavy atom. The Hall–Kier alpha value is -1.36. The highest BCUT2D eigenvalue weighted by Crippen LogP contribution is 2.41. The zero-order valence-corrected chi connectivity index (χ0v) is 13.5. The molecule has 0 bridgehead atoms. The summed E-state index contributed by atoms with van der Waals surface area (Å²) in [5.74, 6) is 0.440. The minimum absolute atomic E-state index is 0.0498. The van der Waals surface area contributed by atoms with Crippen molar-refractivity contribution in [1.82, 2.24) is 15.1 Å². The molecule has 0 radical (unpaired) electrons. The highest BCUT2D eigenvalue weighted by Gasteiger charge is 2.32. The second kappa shape index (κ2) is 6.18. The van der Waals surface area contributed by atoms with Gasteiger partial charge in [0.1, 0.15) is 5.69 Å². The van der Waals surface area contributed by atoms with E-state index in [-0.39, 0.29) is 24.1 Å². The van der Waals surface area contributed by atoms with Crippen LogP contribution in [-0.2, 0) is 5.54 Å². The van der Waals surface area contributed by atoms with Crippen LogP contribution < -0.4 is 5.32 Å². The van der Waals surface area contributed by atoms with E-state index >= 15 is 0 Å². The number of rotatable bonds is 6. The largest absolute Gasteiger partial charge is 0.396 e. The van der Waals surface area contributed by atoms with Crippen molar-refractivity contribution in [3.63, 3.8) is 0 Å². The predicted molar refractivity (Wildman–Crippen MR) is 82.4 cm³/mol. The molecular weight excluding hydrogens is 266 g/mol. The minimum atomic E-state index is -0.120. The lowest BCUT2D eigenvalue weighted by Gasteiger charge is -2.22. The molecule has 1 atom stereocenters. The lowest BCUT2D eigenvalue weighted by molar-refractivity contribution is 0.0929. The van der Waals surface area contributed by atoms with Crippen LogP contribution in [-0.4, -0.2) is 33.4 Å². The average molecular weight is 293 g/mol. The number of hydrogen-bond donors (Lipinski definition) is 2. The van der Waals surface area contributed by atoms with Crippen molar-refractivity contribution in [2.75, 3.05) is 6.61 Å². The number of amides is 1. The number of hydrogen-bond acceptors (Lipinski definition) is 3. The van der Waals surface area contributed by atoms with Crippen LogP contribution in [0.15, 0.2) is 6.07 Å². The van der Waals surface area contributed by atoms with Gasteiger partial charge >= 0.3 is 0 Å². The van der Waals surface area contributed by atoms with Gasteiger partial charge in [0.2, 0.25) is 0 Å². The van der Waals surface area contributed by atoms with Gasteiger partial charge in [0.05, 0.1) is 5.54 Å². The highest BCUT2D eigenvalue weighted by atomic mass is 16.3. The van der Waals surface area contributed by atoms with Gasteiger partial charge in [-0.2, -0.15) is 5.10 Å². The molecule has 2 rings (SSSR count). The SMILES string of the molecule is CC(CCCO)NC(=O)c1cc(C2CC2)n(C(C)(C)C)n1. The van der Waals surface area contributed by atoms with E-state index in [1.807, 2.05) is 17.7 Å². The van der Waals surface area contributed by atoms with E-state index in [2.05, 4.69) is 31.2 Å². The molecule has 0 aromatic carbocycles. The second-order valence-electron chi connectivity index (χ2n) is 7.05. The van der Waals surface area contributed by atoms with E-state index in [9.17, 15) is 4.79 Å². The maximum atomic E-state index is 12.3. The molecule has 21 heavy (non-hydrogen) atoms. The summed E-state index contributed by atoms with van der Waals surface area (Å²) in [5, 5.41) is 16.3. The van der Waals surface area contributed by atoms with Crippen LogP contribution in [0.2, 0.25) is 0 Å². The summed E-state index contributed by atoms with van der Waals surface area (Å²) in [6, 6.07) is 1.99. The molecule has 5 heteroatoms. The smallest absolute Gasteiger partial charge is 0.271 e. The van der Waals surface area contributed by atoms with Crippen LogP contribution in [0.4, 0.5) is 0 Å². The molecule has 5 nitrogen and oxygen atoms in total. The van der Waals surface area contributed by atoms with Gasteiger partial charge in [-0.1, -0.05) is 0 Å². The number of aliphatic hydroxyl groups excluding tert-OH is 1. The lowest BCUT2D eigenvalue weighted by atomic mass is 10.1. The number of nitrogens with one attached hydrogen (secondary N) is 1. The Kier molecular flexibility index (Phi) is 4.71. The van der Waals surface area contributed by atoms with Gasteiger partial charge in [-0.15, -0.1) is 0 Å². The van der Waals surface area contributed by atoms with Gasteiger partial charge in [-0.3, -0.25) is 9.48 Å². The first-order chi connectivity index (χ1) is 9.82. The maximum absolute atomic E-state index is 12.3. The quantitative estimate of drug-likeness (QED) is 0.846. The van der Waals surface area contributed by atoms with Crippen LogP contribution >= 0.6 is 0 Å². The highest BCUT2D eigenvalue weighted by molar-refractivity contribution is 5.92. The van der Waals surface area contributed by atoms with Crippen molar-refractivity contribution in [1.29, 1.82) is 0 Å². The molecule has 1 aliphatic rings. The zero-order valence-electron chi connectivity index (χ0n) is 13.5. The lowest BCUT2D eigenvalue weighted by Crippen LogP contribution is -2.33. The topological polar surface area (TPSA) is 67.2 Å². The van der Waals surface area contributed by atoms with Crippen LogP contribution in [0.25, 0.3) is 0 Å². The van der Waals surface area contributed by atoms with Crippen molar-refractivity contribution in [3.8, 4) is 0 Å². The molecule has 1 aromatic heterocycles. The molecular formula is C16H27N3O2. The molecule has 1 fully saturated rings. The Morgan fingerprint density at radius 2 is 2.19 bits per heavy atom. The molecule has 0 aliphatic heterocycles. The Bertz CT molecular complexity index is 498. The van der Waals surface area contributed by atoms with Crippen molar-refractivity contribution in [2.24, 2.45) is 0 Å². The van der Waals surface area contributed by atoms with Crippen molar-refractivity contribution in [2.45, 2.75) is 70.9 Å². The molecule has 0 spiro atoms. The average Bonchev–Trinajstić information content (AvgIpc) is 3.13. The monoisotopic (exact) mass is 293 g/mol. The van der Waals surface area contributed by atoms with E-state index in [1.54, 1.807) is 0 Å². The van der Waals surface area contributed by atoms with Gasteiger partial charge in [-0.05, 0) is 59.4 Å². The van der Waals surface area contributed by atoms with Crippen LogP contribution in [0, 0.1) is 0 Å². The van der Waals surface area contributed by atoms with E-state index in [0.29, 0.717) is 18.0 Å². The first-order valence-corrected chi connectivity index (χ1v) is 7.85. The van der Waals surface area contributed by atoms with Crippen LogP contribution in [0.3, 0.4) is 0 Å². The maximum Gasteiger partial charge on any atom is 0.271 e.